The highest BCUT2D eigenvalue weighted by Gasteiger charge is 2.29. The average Bonchev–Trinajstić information content (AvgIpc) is 3.38. The molecule has 0 atom stereocenters. The fraction of sp³-hybridized carbons (Fsp3) is 0.348. The van der Waals surface area contributed by atoms with Crippen LogP contribution in [0.15, 0.2) is 59.6 Å². The van der Waals surface area contributed by atoms with Gasteiger partial charge in [0.2, 0.25) is 10.0 Å². The molecule has 0 saturated carbocycles. The van der Waals surface area contributed by atoms with Crippen molar-refractivity contribution in [3.05, 3.63) is 65.9 Å². The van der Waals surface area contributed by atoms with E-state index in [0.717, 1.165) is 47.6 Å². The summed E-state index contributed by atoms with van der Waals surface area (Å²) >= 11 is 0. The van der Waals surface area contributed by atoms with Crippen LogP contribution in [0.3, 0.4) is 0 Å². The summed E-state index contributed by atoms with van der Waals surface area (Å²) in [5.41, 5.74) is 5.43. The fourth-order valence-electron chi connectivity index (χ4n) is 4.41. The van der Waals surface area contributed by atoms with E-state index in [1.165, 1.54) is 4.31 Å². The normalized spacial score (nSPS) is 17.1. The third-order valence-corrected chi connectivity index (χ3v) is 7.86. The molecule has 0 spiro atoms. The molecule has 3 aromatic rings. The molecular weight excluding hydrogens is 412 g/mol. The van der Waals surface area contributed by atoms with Crippen LogP contribution in [0.25, 0.3) is 11.3 Å². The average molecular weight is 439 g/mol. The molecule has 2 aliphatic heterocycles. The van der Waals surface area contributed by atoms with Crippen molar-refractivity contribution >= 4 is 15.7 Å². The summed E-state index contributed by atoms with van der Waals surface area (Å²) in [6, 6.07) is 15.7. The molecule has 0 unspecified atom stereocenters. The molecule has 0 bridgehead atoms. The minimum absolute atomic E-state index is 0.376. The maximum absolute atomic E-state index is 13.0. The van der Waals surface area contributed by atoms with Crippen molar-refractivity contribution < 1.29 is 13.2 Å². The molecular formula is C23H26N4O3S. The first-order valence-corrected chi connectivity index (χ1v) is 12.0. The number of hydrogen-bond donors (Lipinski definition) is 0. The molecule has 2 aliphatic rings. The SMILES string of the molecule is Cn1cc(CN2CCc3cc(S(=O)(=O)N4CCOCC4)ccc32)c(-c2ccccc2)n1. The molecule has 1 aromatic heterocycles. The first kappa shape index (κ1) is 20.2. The predicted molar refractivity (Wildman–Crippen MR) is 119 cm³/mol. The lowest BCUT2D eigenvalue weighted by Gasteiger charge is -2.26. The number of sulfonamides is 1. The summed E-state index contributed by atoms with van der Waals surface area (Å²) < 4.78 is 34.7. The van der Waals surface area contributed by atoms with E-state index in [1.807, 2.05) is 42.1 Å². The number of morpholine rings is 1. The van der Waals surface area contributed by atoms with Gasteiger partial charge in [0.1, 0.15) is 0 Å². The monoisotopic (exact) mass is 438 g/mol. The maximum atomic E-state index is 13.0. The Kier molecular flexibility index (Phi) is 5.29. The smallest absolute Gasteiger partial charge is 0.243 e. The lowest BCUT2D eigenvalue weighted by molar-refractivity contribution is 0.0730. The summed E-state index contributed by atoms with van der Waals surface area (Å²) in [7, 11) is -1.54. The van der Waals surface area contributed by atoms with E-state index in [0.29, 0.717) is 31.2 Å². The Hall–Kier alpha value is -2.68. The zero-order chi connectivity index (χ0) is 21.4. The van der Waals surface area contributed by atoms with Crippen molar-refractivity contribution in [1.29, 1.82) is 0 Å². The number of fused-ring (bicyclic) bond motifs is 1. The Bertz CT molecular complexity index is 1180. The maximum Gasteiger partial charge on any atom is 0.243 e. The van der Waals surface area contributed by atoms with E-state index in [-0.39, 0.29) is 0 Å². The summed E-state index contributed by atoms with van der Waals surface area (Å²) in [5.74, 6) is 0. The Labute approximate surface area is 182 Å². The van der Waals surface area contributed by atoms with Crippen molar-refractivity contribution in [2.24, 2.45) is 7.05 Å². The van der Waals surface area contributed by atoms with Crippen LogP contribution in [-0.2, 0) is 34.8 Å². The number of hydrogen-bond acceptors (Lipinski definition) is 5. The van der Waals surface area contributed by atoms with Crippen LogP contribution in [0.1, 0.15) is 11.1 Å². The Balaban J connectivity index is 1.40. The number of aryl methyl sites for hydroxylation is 1. The molecule has 0 amide bonds. The minimum Gasteiger partial charge on any atom is -0.379 e. The van der Waals surface area contributed by atoms with E-state index in [4.69, 9.17) is 4.74 Å². The molecule has 1 saturated heterocycles. The van der Waals surface area contributed by atoms with Gasteiger partial charge in [0.05, 0.1) is 23.8 Å². The number of nitrogens with zero attached hydrogens (tertiary/aromatic N) is 4. The summed E-state index contributed by atoms with van der Waals surface area (Å²) in [6.07, 6.45) is 2.90. The largest absolute Gasteiger partial charge is 0.379 e. The van der Waals surface area contributed by atoms with Crippen molar-refractivity contribution in [3.63, 3.8) is 0 Å². The second-order valence-electron chi connectivity index (χ2n) is 8.02. The molecule has 0 aliphatic carbocycles. The molecule has 1 fully saturated rings. The molecule has 5 rings (SSSR count). The van der Waals surface area contributed by atoms with Crippen LogP contribution in [0.2, 0.25) is 0 Å². The van der Waals surface area contributed by atoms with Crippen LogP contribution in [-0.4, -0.2) is 55.4 Å². The van der Waals surface area contributed by atoms with Gasteiger partial charge in [-0.05, 0) is 30.2 Å². The standard InChI is InChI=1S/C23H26N4O3S/c1-25-16-20(23(24-25)18-5-3-2-4-6-18)17-26-10-9-19-15-21(7-8-22(19)26)31(28,29)27-11-13-30-14-12-27/h2-8,15-16H,9-14,17H2,1H3. The van der Waals surface area contributed by atoms with Gasteiger partial charge in [0.25, 0.3) is 0 Å². The van der Waals surface area contributed by atoms with E-state index in [1.54, 1.807) is 6.07 Å². The lowest BCUT2D eigenvalue weighted by Crippen LogP contribution is -2.40. The zero-order valence-corrected chi connectivity index (χ0v) is 18.4. The highest BCUT2D eigenvalue weighted by molar-refractivity contribution is 7.89. The molecule has 31 heavy (non-hydrogen) atoms. The molecule has 7 nitrogen and oxygen atoms in total. The minimum atomic E-state index is -3.48. The third kappa shape index (κ3) is 3.86. The third-order valence-electron chi connectivity index (χ3n) is 5.96. The van der Waals surface area contributed by atoms with Gasteiger partial charge in [-0.25, -0.2) is 8.42 Å². The van der Waals surface area contributed by atoms with Crippen LogP contribution < -0.4 is 4.90 Å². The number of aromatic nitrogens is 2. The van der Waals surface area contributed by atoms with Gasteiger partial charge >= 0.3 is 0 Å². The van der Waals surface area contributed by atoms with Crippen molar-refractivity contribution in [2.45, 2.75) is 17.9 Å². The first-order valence-electron chi connectivity index (χ1n) is 10.6. The molecule has 0 N–H and O–H groups in total. The first-order chi connectivity index (χ1) is 15.0. The topological polar surface area (TPSA) is 67.7 Å². The van der Waals surface area contributed by atoms with Gasteiger partial charge in [0.15, 0.2) is 0 Å². The van der Waals surface area contributed by atoms with Crippen LogP contribution >= 0.6 is 0 Å². The van der Waals surface area contributed by atoms with Gasteiger partial charge in [0, 0.05) is 56.2 Å². The van der Waals surface area contributed by atoms with Crippen LogP contribution in [0.4, 0.5) is 5.69 Å². The highest BCUT2D eigenvalue weighted by Crippen LogP contribution is 2.33. The Morgan fingerprint density at radius 2 is 1.81 bits per heavy atom. The second kappa shape index (κ2) is 8.11. The lowest BCUT2D eigenvalue weighted by atomic mass is 10.1. The fourth-order valence-corrected chi connectivity index (χ4v) is 5.86. The zero-order valence-electron chi connectivity index (χ0n) is 17.6. The van der Waals surface area contributed by atoms with E-state index < -0.39 is 10.0 Å². The van der Waals surface area contributed by atoms with Crippen LogP contribution in [0.5, 0.6) is 0 Å². The molecule has 3 heterocycles. The number of anilines is 1. The van der Waals surface area contributed by atoms with Gasteiger partial charge in [-0.2, -0.15) is 9.40 Å². The van der Waals surface area contributed by atoms with Gasteiger partial charge in [-0.1, -0.05) is 30.3 Å². The second-order valence-corrected chi connectivity index (χ2v) is 9.96. The Morgan fingerprint density at radius 3 is 2.58 bits per heavy atom. The van der Waals surface area contributed by atoms with Crippen molar-refractivity contribution in [3.8, 4) is 11.3 Å². The van der Waals surface area contributed by atoms with Crippen LogP contribution in [0, 0.1) is 0 Å². The summed E-state index contributed by atoms with van der Waals surface area (Å²) in [6.45, 7) is 3.32. The molecule has 0 radical (unpaired) electrons. The van der Waals surface area contributed by atoms with E-state index in [2.05, 4.69) is 28.3 Å². The molecule has 162 valence electrons. The number of rotatable bonds is 5. The van der Waals surface area contributed by atoms with E-state index >= 15 is 0 Å². The quantitative estimate of drug-likeness (QED) is 0.613. The van der Waals surface area contributed by atoms with Gasteiger partial charge in [-0.3, -0.25) is 4.68 Å². The predicted octanol–water partition coefficient (Wildman–Crippen LogP) is 2.67. The molecule has 2 aromatic carbocycles. The Morgan fingerprint density at radius 1 is 1.03 bits per heavy atom. The van der Waals surface area contributed by atoms with Gasteiger partial charge < -0.3 is 9.64 Å². The highest BCUT2D eigenvalue weighted by atomic mass is 32.2. The van der Waals surface area contributed by atoms with Crippen molar-refractivity contribution in [2.75, 3.05) is 37.7 Å². The number of ether oxygens (including phenoxy) is 1. The number of benzene rings is 2. The summed E-state index contributed by atoms with van der Waals surface area (Å²) in [4.78, 5) is 2.69. The van der Waals surface area contributed by atoms with Gasteiger partial charge in [-0.15, -0.1) is 0 Å². The van der Waals surface area contributed by atoms with E-state index in [9.17, 15) is 8.42 Å². The molecule has 8 heteroatoms. The summed E-state index contributed by atoms with van der Waals surface area (Å²) in [5, 5.41) is 4.67. The van der Waals surface area contributed by atoms with Crippen molar-refractivity contribution in [1.82, 2.24) is 14.1 Å².